The Morgan fingerprint density at radius 1 is 1.05 bits per heavy atom. The summed E-state index contributed by atoms with van der Waals surface area (Å²) in [7, 11) is -4.55. The minimum absolute atomic E-state index is 0.140. The van der Waals surface area contributed by atoms with Gasteiger partial charge in [-0.3, -0.25) is 9.79 Å². The Balaban J connectivity index is 3.38. The van der Waals surface area contributed by atoms with Gasteiger partial charge in [-0.1, -0.05) is 52.8 Å². The number of phosphoric acid groups is 1. The monoisotopic (exact) mass is 286 g/mol. The molecule has 1 aromatic carbocycles. The van der Waals surface area contributed by atoms with Gasteiger partial charge in [-0.15, -0.1) is 0 Å². The zero-order chi connectivity index (χ0) is 14.8. The number of phosphoric ester groups is 1. The summed E-state index contributed by atoms with van der Waals surface area (Å²) in [5.74, 6) is 1.01. The molecule has 0 spiro atoms. The quantitative estimate of drug-likeness (QED) is 0.802. The highest BCUT2D eigenvalue weighted by Gasteiger charge is 2.25. The molecule has 4 nitrogen and oxygen atoms in total. The molecular formula is C14H23O4P. The van der Waals surface area contributed by atoms with Gasteiger partial charge in [0.05, 0.1) is 0 Å². The third-order valence-electron chi connectivity index (χ3n) is 3.40. The zero-order valence-corrected chi connectivity index (χ0v) is 13.0. The van der Waals surface area contributed by atoms with Crippen molar-refractivity contribution in [2.75, 3.05) is 0 Å². The lowest BCUT2D eigenvalue weighted by atomic mass is 9.87. The summed E-state index contributed by atoms with van der Waals surface area (Å²) in [6.45, 7) is 10.1. The van der Waals surface area contributed by atoms with Crippen molar-refractivity contribution in [3.8, 4) is 5.75 Å². The van der Waals surface area contributed by atoms with Crippen LogP contribution in [0.4, 0.5) is 0 Å². The van der Waals surface area contributed by atoms with Crippen LogP contribution in [0.1, 0.15) is 57.6 Å². The van der Waals surface area contributed by atoms with Gasteiger partial charge in [0.2, 0.25) is 0 Å². The Morgan fingerprint density at radius 3 is 2.00 bits per heavy atom. The number of benzene rings is 1. The van der Waals surface area contributed by atoms with Crippen molar-refractivity contribution in [2.45, 2.75) is 46.5 Å². The second-order valence-corrected chi connectivity index (χ2v) is 6.70. The molecule has 0 saturated carbocycles. The van der Waals surface area contributed by atoms with Crippen LogP contribution in [-0.4, -0.2) is 9.79 Å². The van der Waals surface area contributed by atoms with E-state index in [0.29, 0.717) is 11.7 Å². The number of hydrogen-bond acceptors (Lipinski definition) is 2. The SMILES string of the molecule is CC(C)c1cccc([C@H](C)C(C)C)c1OP(=O)(O)O. The van der Waals surface area contributed by atoms with Gasteiger partial charge in [-0.05, 0) is 28.9 Å². The first kappa shape index (κ1) is 16.2. The molecule has 0 aromatic heterocycles. The predicted octanol–water partition coefficient (Wildman–Crippen LogP) is 4.04. The lowest BCUT2D eigenvalue weighted by Crippen LogP contribution is -2.07. The van der Waals surface area contributed by atoms with Crippen molar-refractivity contribution in [3.05, 3.63) is 29.3 Å². The van der Waals surface area contributed by atoms with Crippen LogP contribution in [0.2, 0.25) is 0 Å². The molecule has 1 rings (SSSR count). The summed E-state index contributed by atoms with van der Waals surface area (Å²) >= 11 is 0. The Kier molecular flexibility index (Phi) is 5.19. The van der Waals surface area contributed by atoms with Gasteiger partial charge in [0.25, 0.3) is 0 Å². The lowest BCUT2D eigenvalue weighted by molar-refractivity contribution is 0.279. The molecule has 0 fully saturated rings. The van der Waals surface area contributed by atoms with Crippen LogP contribution in [0, 0.1) is 5.92 Å². The molecule has 0 aliphatic rings. The van der Waals surface area contributed by atoms with Gasteiger partial charge in [0, 0.05) is 0 Å². The molecule has 0 bridgehead atoms. The molecule has 0 unspecified atom stereocenters. The van der Waals surface area contributed by atoms with Crippen LogP contribution in [0.3, 0.4) is 0 Å². The van der Waals surface area contributed by atoms with E-state index in [1.807, 2.05) is 39.0 Å². The third kappa shape index (κ3) is 4.34. The van der Waals surface area contributed by atoms with Gasteiger partial charge < -0.3 is 4.52 Å². The summed E-state index contributed by atoms with van der Waals surface area (Å²) in [4.78, 5) is 18.2. The summed E-state index contributed by atoms with van der Waals surface area (Å²) in [5.41, 5.74) is 1.68. The third-order valence-corrected chi connectivity index (χ3v) is 3.82. The van der Waals surface area contributed by atoms with Gasteiger partial charge in [0.1, 0.15) is 5.75 Å². The van der Waals surface area contributed by atoms with Crippen molar-refractivity contribution in [1.29, 1.82) is 0 Å². The van der Waals surface area contributed by atoms with Gasteiger partial charge in [-0.25, -0.2) is 4.57 Å². The van der Waals surface area contributed by atoms with Crippen LogP contribution < -0.4 is 4.52 Å². The van der Waals surface area contributed by atoms with Gasteiger partial charge in [-0.2, -0.15) is 0 Å². The molecule has 108 valence electrons. The maximum Gasteiger partial charge on any atom is 0.524 e. The summed E-state index contributed by atoms with van der Waals surface area (Å²) in [5, 5.41) is 0. The lowest BCUT2D eigenvalue weighted by Gasteiger charge is -2.23. The van der Waals surface area contributed by atoms with Crippen molar-refractivity contribution >= 4 is 7.82 Å². The van der Waals surface area contributed by atoms with E-state index in [0.717, 1.165) is 11.1 Å². The standard InChI is InChI=1S/C14H23O4P/c1-9(2)11(5)13-8-6-7-12(10(3)4)14(13)18-19(15,16)17/h6-11H,1-5H3,(H2,15,16,17)/t11-/m1/s1. The van der Waals surface area contributed by atoms with Crippen molar-refractivity contribution in [3.63, 3.8) is 0 Å². The van der Waals surface area contributed by atoms with Crippen molar-refractivity contribution in [1.82, 2.24) is 0 Å². The highest BCUT2D eigenvalue weighted by molar-refractivity contribution is 7.46. The largest absolute Gasteiger partial charge is 0.524 e. The average Bonchev–Trinajstić information content (AvgIpc) is 2.25. The second-order valence-electron chi connectivity index (χ2n) is 5.53. The fraction of sp³-hybridized carbons (Fsp3) is 0.571. The summed E-state index contributed by atoms with van der Waals surface area (Å²) in [6.07, 6.45) is 0. The van der Waals surface area contributed by atoms with E-state index in [9.17, 15) is 4.57 Å². The zero-order valence-electron chi connectivity index (χ0n) is 12.1. The Morgan fingerprint density at radius 2 is 1.58 bits per heavy atom. The van der Waals surface area contributed by atoms with Gasteiger partial charge in [0.15, 0.2) is 0 Å². The molecule has 1 atom stereocenters. The first-order valence-electron chi connectivity index (χ1n) is 6.51. The highest BCUT2D eigenvalue weighted by atomic mass is 31.2. The molecule has 0 aliphatic carbocycles. The molecule has 5 heteroatoms. The van der Waals surface area contributed by atoms with Crippen LogP contribution in [0.25, 0.3) is 0 Å². The smallest absolute Gasteiger partial charge is 0.404 e. The molecule has 1 aromatic rings. The minimum atomic E-state index is -4.55. The van der Waals surface area contributed by atoms with E-state index in [2.05, 4.69) is 13.8 Å². The average molecular weight is 286 g/mol. The summed E-state index contributed by atoms with van der Waals surface area (Å²) in [6, 6.07) is 5.64. The van der Waals surface area contributed by atoms with Gasteiger partial charge >= 0.3 is 7.82 Å². The van der Waals surface area contributed by atoms with E-state index in [1.54, 1.807) is 0 Å². The molecule has 0 radical (unpaired) electrons. The van der Waals surface area contributed by atoms with Crippen LogP contribution >= 0.6 is 7.82 Å². The maximum atomic E-state index is 11.2. The molecule has 0 aliphatic heterocycles. The first-order chi connectivity index (χ1) is 8.63. The highest BCUT2D eigenvalue weighted by Crippen LogP contribution is 2.45. The topological polar surface area (TPSA) is 66.8 Å². The van der Waals surface area contributed by atoms with Crippen LogP contribution in [0.15, 0.2) is 18.2 Å². The number of para-hydroxylation sites is 1. The second kappa shape index (κ2) is 6.08. The Bertz CT molecular complexity index is 476. The number of rotatable bonds is 5. The van der Waals surface area contributed by atoms with E-state index in [-0.39, 0.29) is 11.8 Å². The minimum Gasteiger partial charge on any atom is -0.404 e. The van der Waals surface area contributed by atoms with Crippen LogP contribution in [-0.2, 0) is 4.57 Å². The Hall–Kier alpha value is -0.830. The first-order valence-corrected chi connectivity index (χ1v) is 8.04. The van der Waals surface area contributed by atoms with E-state index < -0.39 is 7.82 Å². The normalized spacial score (nSPS) is 13.9. The van der Waals surface area contributed by atoms with E-state index in [1.165, 1.54) is 0 Å². The molecule has 0 amide bonds. The molecule has 2 N–H and O–H groups in total. The van der Waals surface area contributed by atoms with E-state index in [4.69, 9.17) is 14.3 Å². The molecule has 0 saturated heterocycles. The van der Waals surface area contributed by atoms with Crippen molar-refractivity contribution in [2.24, 2.45) is 5.92 Å². The fourth-order valence-corrected chi connectivity index (χ4v) is 2.42. The van der Waals surface area contributed by atoms with E-state index >= 15 is 0 Å². The molecule has 19 heavy (non-hydrogen) atoms. The fourth-order valence-electron chi connectivity index (χ4n) is 1.97. The summed E-state index contributed by atoms with van der Waals surface area (Å²) < 4.78 is 16.2. The van der Waals surface area contributed by atoms with Crippen LogP contribution in [0.5, 0.6) is 5.75 Å². The predicted molar refractivity (Wildman–Crippen MR) is 76.5 cm³/mol. The molecule has 0 heterocycles. The van der Waals surface area contributed by atoms with Crippen molar-refractivity contribution < 1.29 is 18.9 Å². The Labute approximate surface area is 115 Å². The maximum absolute atomic E-state index is 11.2. The number of hydrogen-bond donors (Lipinski definition) is 2. The molecular weight excluding hydrogens is 263 g/mol.